The molecule has 2 aromatic carbocycles. The molecular weight excluding hydrogens is 487 g/mol. The van der Waals surface area contributed by atoms with Crippen LogP contribution in [-0.4, -0.2) is 30.1 Å². The monoisotopic (exact) mass is 508 g/mol. The molecule has 2 heterocycles. The molecule has 4 rings (SSSR count). The zero-order chi connectivity index (χ0) is 25.1. The van der Waals surface area contributed by atoms with E-state index in [9.17, 15) is 4.79 Å². The first kappa shape index (κ1) is 24.3. The second kappa shape index (κ2) is 10.2. The third-order valence-corrected chi connectivity index (χ3v) is 6.06. The average Bonchev–Trinajstić information content (AvgIpc) is 2.86. The number of hydrogen-bond donors (Lipinski definition) is 2. The van der Waals surface area contributed by atoms with Gasteiger partial charge in [0.15, 0.2) is 0 Å². The number of anilines is 3. The lowest BCUT2D eigenvalue weighted by atomic mass is 10.1. The summed E-state index contributed by atoms with van der Waals surface area (Å²) in [6.45, 7) is 5.45. The standard InChI is InChI=1S/C26H22Cl2N4O3/c1-5-23(33)32-18-8-14(2)6-7-17(18)31-22-10-16-12-29-19(9-15(16)13-30-22)24-25(27)20(34-3)11-21(35-4)26(24)28/h5-13H,1H2,2-4H3,(H,30,31)(H,32,33). The Morgan fingerprint density at radius 2 is 1.60 bits per heavy atom. The molecule has 0 aliphatic heterocycles. The molecule has 4 aromatic rings. The third kappa shape index (κ3) is 5.01. The number of methoxy groups -OCH3 is 2. The third-order valence-electron chi connectivity index (χ3n) is 5.31. The van der Waals surface area contributed by atoms with Crippen LogP contribution < -0.4 is 20.1 Å². The van der Waals surface area contributed by atoms with Gasteiger partial charge in [-0.25, -0.2) is 4.98 Å². The molecule has 0 fully saturated rings. The summed E-state index contributed by atoms with van der Waals surface area (Å²) in [5.41, 5.74) is 3.39. The van der Waals surface area contributed by atoms with E-state index in [1.807, 2.05) is 37.3 Å². The number of amides is 1. The van der Waals surface area contributed by atoms with Crippen molar-refractivity contribution in [2.24, 2.45) is 0 Å². The lowest BCUT2D eigenvalue weighted by Crippen LogP contribution is -2.09. The molecule has 35 heavy (non-hydrogen) atoms. The van der Waals surface area contributed by atoms with E-state index < -0.39 is 0 Å². The Morgan fingerprint density at radius 3 is 2.26 bits per heavy atom. The average molecular weight is 509 g/mol. The molecule has 7 nitrogen and oxygen atoms in total. The van der Waals surface area contributed by atoms with E-state index in [-0.39, 0.29) is 5.91 Å². The molecule has 0 atom stereocenters. The quantitative estimate of drug-likeness (QED) is 0.267. The van der Waals surface area contributed by atoms with E-state index in [0.29, 0.717) is 50.0 Å². The first-order valence-electron chi connectivity index (χ1n) is 10.5. The Bertz CT molecular complexity index is 1430. The van der Waals surface area contributed by atoms with Crippen LogP contribution in [0, 0.1) is 6.92 Å². The first-order chi connectivity index (χ1) is 16.8. The molecule has 0 radical (unpaired) electrons. The molecule has 0 aliphatic rings. The number of aromatic nitrogens is 2. The highest BCUT2D eigenvalue weighted by Gasteiger charge is 2.20. The Hall–Kier alpha value is -3.81. The smallest absolute Gasteiger partial charge is 0.247 e. The molecule has 0 saturated carbocycles. The lowest BCUT2D eigenvalue weighted by molar-refractivity contribution is -0.111. The van der Waals surface area contributed by atoms with Crippen LogP contribution in [0.4, 0.5) is 17.2 Å². The van der Waals surface area contributed by atoms with Gasteiger partial charge < -0.3 is 20.1 Å². The maximum Gasteiger partial charge on any atom is 0.247 e. The van der Waals surface area contributed by atoms with Gasteiger partial charge in [-0.15, -0.1) is 0 Å². The maximum atomic E-state index is 11.8. The molecule has 0 aliphatic carbocycles. The van der Waals surface area contributed by atoms with Crippen LogP contribution >= 0.6 is 23.2 Å². The predicted molar refractivity (Wildman–Crippen MR) is 141 cm³/mol. The van der Waals surface area contributed by atoms with Crippen molar-refractivity contribution in [2.75, 3.05) is 24.9 Å². The van der Waals surface area contributed by atoms with Gasteiger partial charge in [0.25, 0.3) is 0 Å². The largest absolute Gasteiger partial charge is 0.495 e. The summed E-state index contributed by atoms with van der Waals surface area (Å²) in [6.07, 6.45) is 4.66. The molecule has 9 heteroatoms. The van der Waals surface area contributed by atoms with Crippen LogP contribution in [-0.2, 0) is 4.79 Å². The summed E-state index contributed by atoms with van der Waals surface area (Å²) in [5, 5.41) is 8.41. The number of carbonyl (C=O) groups is 1. The molecule has 2 N–H and O–H groups in total. The van der Waals surface area contributed by atoms with Crippen molar-refractivity contribution >= 4 is 57.1 Å². The fourth-order valence-electron chi connectivity index (χ4n) is 3.55. The normalized spacial score (nSPS) is 10.7. The van der Waals surface area contributed by atoms with Gasteiger partial charge in [0.2, 0.25) is 5.91 Å². The van der Waals surface area contributed by atoms with Crippen molar-refractivity contribution < 1.29 is 14.3 Å². The minimum Gasteiger partial charge on any atom is -0.495 e. The van der Waals surface area contributed by atoms with Crippen molar-refractivity contribution in [1.82, 2.24) is 9.97 Å². The number of rotatable bonds is 7. The summed E-state index contributed by atoms with van der Waals surface area (Å²) in [6, 6.07) is 11.0. The van der Waals surface area contributed by atoms with Crippen molar-refractivity contribution in [3.05, 3.63) is 77.1 Å². The van der Waals surface area contributed by atoms with Gasteiger partial charge in [0, 0.05) is 34.8 Å². The molecule has 0 spiro atoms. The number of fused-ring (bicyclic) bond motifs is 1. The number of carbonyl (C=O) groups excluding carboxylic acids is 1. The van der Waals surface area contributed by atoms with Crippen molar-refractivity contribution in [2.45, 2.75) is 6.92 Å². The molecule has 178 valence electrons. The lowest BCUT2D eigenvalue weighted by Gasteiger charge is -2.15. The zero-order valence-electron chi connectivity index (χ0n) is 19.3. The highest BCUT2D eigenvalue weighted by atomic mass is 35.5. The van der Waals surface area contributed by atoms with Gasteiger partial charge in [-0.3, -0.25) is 9.78 Å². The summed E-state index contributed by atoms with van der Waals surface area (Å²) in [4.78, 5) is 20.9. The minimum absolute atomic E-state index is 0.298. The fraction of sp³-hybridized carbons (Fsp3) is 0.115. The SMILES string of the molecule is C=CC(=O)Nc1cc(C)ccc1Nc1cc2cnc(-c3c(Cl)c(OC)cc(OC)c3Cl)cc2cn1. The number of aryl methyl sites for hydroxylation is 1. The van der Waals surface area contributed by atoms with Gasteiger partial charge in [-0.2, -0.15) is 0 Å². The highest BCUT2D eigenvalue weighted by Crippen LogP contribution is 2.45. The number of hydrogen-bond acceptors (Lipinski definition) is 6. The summed E-state index contributed by atoms with van der Waals surface area (Å²) < 4.78 is 10.7. The zero-order valence-corrected chi connectivity index (χ0v) is 20.8. The Labute approximate surface area is 212 Å². The van der Waals surface area contributed by atoms with E-state index in [1.165, 1.54) is 20.3 Å². The number of pyridine rings is 2. The van der Waals surface area contributed by atoms with Crippen molar-refractivity contribution in [3.63, 3.8) is 0 Å². The minimum atomic E-state index is -0.298. The number of ether oxygens (including phenoxy) is 2. The van der Waals surface area contributed by atoms with Crippen LogP contribution in [0.15, 0.2) is 61.4 Å². The van der Waals surface area contributed by atoms with Gasteiger partial charge >= 0.3 is 0 Å². The molecule has 0 bridgehead atoms. The predicted octanol–water partition coefficient (Wildman–Crippen LogP) is 6.80. The van der Waals surface area contributed by atoms with Crippen molar-refractivity contribution in [1.29, 1.82) is 0 Å². The van der Waals surface area contributed by atoms with E-state index >= 15 is 0 Å². The number of benzene rings is 2. The van der Waals surface area contributed by atoms with Crippen LogP contribution in [0.25, 0.3) is 22.0 Å². The van der Waals surface area contributed by atoms with Gasteiger partial charge in [-0.05, 0) is 42.8 Å². The Kier molecular flexibility index (Phi) is 7.10. The summed E-state index contributed by atoms with van der Waals surface area (Å²) in [7, 11) is 3.04. The number of nitrogens with zero attached hydrogens (tertiary/aromatic N) is 2. The Morgan fingerprint density at radius 1 is 0.943 bits per heavy atom. The van der Waals surface area contributed by atoms with Crippen LogP contribution in [0.1, 0.15) is 5.56 Å². The summed E-state index contributed by atoms with van der Waals surface area (Å²) in [5.74, 6) is 1.15. The van der Waals surface area contributed by atoms with Crippen LogP contribution in [0.5, 0.6) is 11.5 Å². The van der Waals surface area contributed by atoms with Gasteiger partial charge in [0.1, 0.15) is 17.3 Å². The number of nitrogens with one attached hydrogen (secondary N) is 2. The van der Waals surface area contributed by atoms with E-state index in [0.717, 1.165) is 16.3 Å². The topological polar surface area (TPSA) is 85.4 Å². The summed E-state index contributed by atoms with van der Waals surface area (Å²) >= 11 is 13.1. The van der Waals surface area contributed by atoms with E-state index in [2.05, 4.69) is 27.2 Å². The Balaban J connectivity index is 1.71. The molecule has 1 amide bonds. The number of halogens is 2. The van der Waals surface area contributed by atoms with Crippen LogP contribution in [0.3, 0.4) is 0 Å². The second-order valence-corrected chi connectivity index (χ2v) is 8.39. The molecular formula is C26H22Cl2N4O3. The second-order valence-electron chi connectivity index (χ2n) is 7.64. The van der Waals surface area contributed by atoms with E-state index in [1.54, 1.807) is 18.5 Å². The molecule has 0 saturated heterocycles. The first-order valence-corrected chi connectivity index (χ1v) is 11.3. The van der Waals surface area contributed by atoms with Gasteiger partial charge in [-0.1, -0.05) is 35.8 Å². The fourth-order valence-corrected chi connectivity index (χ4v) is 4.24. The molecule has 2 aromatic heterocycles. The van der Waals surface area contributed by atoms with Gasteiger partial charge in [0.05, 0.1) is 41.3 Å². The maximum absolute atomic E-state index is 11.8. The molecule has 0 unspecified atom stereocenters. The van der Waals surface area contributed by atoms with Crippen LogP contribution in [0.2, 0.25) is 10.0 Å². The van der Waals surface area contributed by atoms with E-state index in [4.69, 9.17) is 32.7 Å². The highest BCUT2D eigenvalue weighted by molar-refractivity contribution is 6.41. The van der Waals surface area contributed by atoms with Crippen molar-refractivity contribution in [3.8, 4) is 22.8 Å².